The molecule has 3 aromatic carbocycles. The maximum absolute atomic E-state index is 15.8. The Morgan fingerprint density at radius 3 is 1.99 bits per heavy atom. The lowest BCUT2D eigenvalue weighted by molar-refractivity contribution is -0.346. The summed E-state index contributed by atoms with van der Waals surface area (Å²) in [6.07, 6.45) is -12.4. The van der Waals surface area contributed by atoms with E-state index in [1.165, 1.54) is 64.1 Å². The molecule has 420 valence electrons. The Hall–Kier alpha value is -8.08. The van der Waals surface area contributed by atoms with E-state index in [4.69, 9.17) is 33.5 Å². The van der Waals surface area contributed by atoms with Crippen LogP contribution in [0.2, 0.25) is 0 Å². The van der Waals surface area contributed by atoms with Crippen LogP contribution < -0.4 is 10.6 Å². The number of fused-ring (bicyclic) bond motifs is 5. The SMILES string of the molecule is CC(=O)O[C@H]1C(=O)[C@@]2(C)[C@H]([C@H](OC(=O)c3ccccc3)[C@]3(O)C[C@H](OC(=O)[C@H](OC(=O)CCCNC(=O)/C=C(/CC(=O)O)C(=O)O)[C@@H](NC(=O)c4ccccc4)c4ccccc4)C(C)=C1C3(C)C)[C@]1(OC(C)=O)CO[C@@H]1C[C@@H]2O. The van der Waals surface area contributed by atoms with Gasteiger partial charge in [-0.3, -0.25) is 33.6 Å². The molecule has 2 bridgehead atoms. The van der Waals surface area contributed by atoms with E-state index in [-0.39, 0.29) is 47.2 Å². The number of aliphatic carboxylic acids is 2. The van der Waals surface area contributed by atoms with Crippen molar-refractivity contribution in [3.63, 3.8) is 0 Å². The van der Waals surface area contributed by atoms with Gasteiger partial charge in [0.05, 0.1) is 41.6 Å². The highest BCUT2D eigenvalue weighted by atomic mass is 16.6. The third-order valence-corrected chi connectivity index (χ3v) is 15.5. The van der Waals surface area contributed by atoms with Crippen molar-refractivity contribution in [3.8, 4) is 0 Å². The van der Waals surface area contributed by atoms with Gasteiger partial charge in [0.2, 0.25) is 12.0 Å². The molecular weight excluding hydrogens is 1030 g/mol. The number of ketones is 1. The fourth-order valence-electron chi connectivity index (χ4n) is 11.5. The first-order valence-electron chi connectivity index (χ1n) is 25.4. The van der Waals surface area contributed by atoms with E-state index < -0.39 is 161 Å². The highest BCUT2D eigenvalue weighted by Crippen LogP contribution is 2.64. The molecule has 0 spiro atoms. The number of rotatable bonds is 19. The Kier molecular flexibility index (Phi) is 17.4. The van der Waals surface area contributed by atoms with E-state index in [1.807, 2.05) is 0 Å². The van der Waals surface area contributed by atoms with Gasteiger partial charge in [0.15, 0.2) is 17.5 Å². The summed E-state index contributed by atoms with van der Waals surface area (Å²) in [5, 5.41) is 49.7. The number of aliphatic hydroxyl groups is 2. The molecule has 0 unspecified atom stereocenters. The van der Waals surface area contributed by atoms with Crippen molar-refractivity contribution in [2.45, 2.75) is 128 Å². The second-order valence-electron chi connectivity index (χ2n) is 20.8. The molecule has 7 rings (SSSR count). The second-order valence-corrected chi connectivity index (χ2v) is 20.8. The van der Waals surface area contributed by atoms with E-state index in [2.05, 4.69) is 10.6 Å². The van der Waals surface area contributed by atoms with E-state index >= 15 is 9.59 Å². The van der Waals surface area contributed by atoms with Gasteiger partial charge in [-0.05, 0) is 61.2 Å². The van der Waals surface area contributed by atoms with Crippen LogP contribution in [0.25, 0.3) is 0 Å². The van der Waals surface area contributed by atoms with Crippen LogP contribution in [0, 0.1) is 16.7 Å². The minimum absolute atomic E-state index is 0.00161. The highest BCUT2D eigenvalue weighted by Gasteiger charge is 2.78. The normalized spacial score (nSPS) is 27.5. The quantitative estimate of drug-likeness (QED) is 0.0328. The molecule has 1 aliphatic heterocycles. The van der Waals surface area contributed by atoms with Crippen molar-refractivity contribution in [3.05, 3.63) is 130 Å². The fourth-order valence-corrected chi connectivity index (χ4v) is 11.5. The number of ether oxygens (including phenoxy) is 6. The van der Waals surface area contributed by atoms with Crippen LogP contribution in [-0.2, 0) is 66.8 Å². The Labute approximate surface area is 453 Å². The van der Waals surface area contributed by atoms with Gasteiger partial charge in [0.1, 0.15) is 30.0 Å². The average Bonchev–Trinajstić information content (AvgIpc) is 2.37. The number of nitrogens with one attached hydrogen (secondary N) is 2. The van der Waals surface area contributed by atoms with Crippen molar-refractivity contribution >= 4 is 59.4 Å². The van der Waals surface area contributed by atoms with Gasteiger partial charge in [-0.1, -0.05) is 80.6 Å². The number of aliphatic hydroxyl groups excluding tert-OH is 1. The molecule has 3 aliphatic carbocycles. The molecular formula is C57H62N2O20. The molecule has 1 heterocycles. The molecule has 2 saturated carbocycles. The summed E-state index contributed by atoms with van der Waals surface area (Å²) in [5.74, 6) is -12.7. The first kappa shape index (κ1) is 58.6. The van der Waals surface area contributed by atoms with Gasteiger partial charge in [0.25, 0.3) is 5.91 Å². The van der Waals surface area contributed by atoms with Crippen molar-refractivity contribution in [2.24, 2.45) is 16.7 Å². The maximum atomic E-state index is 15.8. The number of Topliss-reactive ketones (excluding diaryl/α,β-unsaturated/α-hetero) is 1. The third kappa shape index (κ3) is 11.7. The van der Waals surface area contributed by atoms with Crippen molar-refractivity contribution < 1.29 is 96.8 Å². The summed E-state index contributed by atoms with van der Waals surface area (Å²) in [6, 6.07) is 21.8. The molecule has 11 atom stereocenters. The van der Waals surface area contributed by atoms with Crippen LogP contribution in [-0.4, -0.2) is 141 Å². The first-order valence-corrected chi connectivity index (χ1v) is 25.4. The number of esters is 5. The van der Waals surface area contributed by atoms with Crippen molar-refractivity contribution in [1.82, 2.24) is 10.6 Å². The van der Waals surface area contributed by atoms with Crippen LogP contribution in [0.3, 0.4) is 0 Å². The molecule has 22 heteroatoms. The maximum Gasteiger partial charge on any atom is 0.350 e. The Bertz CT molecular complexity index is 2960. The van der Waals surface area contributed by atoms with E-state index in [0.717, 1.165) is 13.8 Å². The Morgan fingerprint density at radius 1 is 0.823 bits per heavy atom. The fraction of sp³-hybridized carbons (Fsp3) is 0.439. The number of carboxylic acids is 2. The molecule has 22 nitrogen and oxygen atoms in total. The van der Waals surface area contributed by atoms with Gasteiger partial charge in [0, 0.05) is 56.7 Å². The van der Waals surface area contributed by atoms with Crippen LogP contribution in [0.4, 0.5) is 0 Å². The summed E-state index contributed by atoms with van der Waals surface area (Å²) in [5.41, 5.74) is -8.77. The van der Waals surface area contributed by atoms with Crippen LogP contribution >= 0.6 is 0 Å². The summed E-state index contributed by atoms with van der Waals surface area (Å²) >= 11 is 0. The van der Waals surface area contributed by atoms with Crippen LogP contribution in [0.1, 0.15) is 106 Å². The molecule has 3 aromatic rings. The highest BCUT2D eigenvalue weighted by molar-refractivity contribution is 6.00. The zero-order chi connectivity index (χ0) is 57.8. The van der Waals surface area contributed by atoms with Crippen LogP contribution in [0.5, 0.6) is 0 Å². The van der Waals surface area contributed by atoms with Gasteiger partial charge < -0.3 is 59.5 Å². The third-order valence-electron chi connectivity index (χ3n) is 15.5. The summed E-state index contributed by atoms with van der Waals surface area (Å²) in [4.78, 5) is 135. The first-order chi connectivity index (χ1) is 37.3. The largest absolute Gasteiger partial charge is 0.481 e. The van der Waals surface area contributed by atoms with E-state index in [1.54, 1.807) is 54.6 Å². The van der Waals surface area contributed by atoms with Crippen molar-refractivity contribution in [2.75, 3.05) is 13.2 Å². The number of carbonyl (C=O) groups is 10. The predicted molar refractivity (Wildman–Crippen MR) is 272 cm³/mol. The number of hydrogen-bond donors (Lipinski definition) is 6. The number of hydrogen-bond acceptors (Lipinski definition) is 18. The van der Waals surface area contributed by atoms with E-state index in [9.17, 15) is 53.7 Å². The summed E-state index contributed by atoms with van der Waals surface area (Å²) in [7, 11) is 0. The molecule has 4 aliphatic rings. The number of benzene rings is 3. The minimum Gasteiger partial charge on any atom is -0.481 e. The molecule has 6 N–H and O–H groups in total. The number of amides is 2. The minimum atomic E-state index is -2.54. The van der Waals surface area contributed by atoms with Gasteiger partial charge in [-0.2, -0.15) is 0 Å². The molecule has 2 amide bonds. The zero-order valence-corrected chi connectivity index (χ0v) is 44.1. The van der Waals surface area contributed by atoms with Gasteiger partial charge >= 0.3 is 41.8 Å². The smallest absolute Gasteiger partial charge is 0.350 e. The zero-order valence-electron chi connectivity index (χ0n) is 44.1. The van der Waals surface area contributed by atoms with Crippen molar-refractivity contribution in [1.29, 1.82) is 0 Å². The second kappa shape index (κ2) is 23.5. The monoisotopic (exact) mass is 1090 g/mol. The Morgan fingerprint density at radius 2 is 1.43 bits per heavy atom. The van der Waals surface area contributed by atoms with E-state index in [0.29, 0.717) is 6.08 Å². The molecule has 0 aromatic heterocycles. The van der Waals surface area contributed by atoms with Crippen LogP contribution in [0.15, 0.2) is 114 Å². The average molecular weight is 1100 g/mol. The molecule has 1 saturated heterocycles. The summed E-state index contributed by atoms with van der Waals surface area (Å²) < 4.78 is 36.7. The van der Waals surface area contributed by atoms with Gasteiger partial charge in [-0.15, -0.1) is 0 Å². The lowest BCUT2D eigenvalue weighted by Gasteiger charge is -2.67. The van der Waals surface area contributed by atoms with Gasteiger partial charge in [-0.25, -0.2) is 14.4 Å². The lowest BCUT2D eigenvalue weighted by atomic mass is 9.44. The molecule has 3 fully saturated rings. The number of carboxylic acid groups (broad SMARTS) is 2. The number of carbonyl (C=O) groups excluding carboxylic acids is 8. The summed E-state index contributed by atoms with van der Waals surface area (Å²) in [6.45, 7) is 7.29. The predicted octanol–water partition coefficient (Wildman–Crippen LogP) is 3.67. The molecule has 0 radical (unpaired) electrons. The molecule has 79 heavy (non-hydrogen) atoms. The standard InChI is InChI=1S/C57H62N2O20/c1-30-37(76-53(72)46(44(33-17-10-7-11-18-33)59-50(68)34-19-12-8-13-20-34)77-42(66)23-16-24-58-40(63)25-36(51(69)70)26-41(64)65)28-57(73)49(78-52(71)35-21-14-9-15-22-35)47-55(6,38(62)27-39-56(47,29-74-39)79-32(3)61)48(67)45(75-31(2)60)43(30)54(57,4)5/h7-15,17-22,25,37-39,44-47,49,62,73H,16,23-24,26-29H2,1-6H3,(H,58,63)(H,59,68)(H,64,65)(H,69,70)/b36-25-/t37-,38-,39+,44-,45+,46+,47-,49-,55+,56-,57+/m0/s1. The lowest BCUT2D eigenvalue weighted by Crippen LogP contribution is -2.82. The topological polar surface area (TPSA) is 331 Å². The Balaban J connectivity index is 1.34.